The maximum atomic E-state index is 11.6. The molecule has 18 heavy (non-hydrogen) atoms. The van der Waals surface area contributed by atoms with E-state index in [1.807, 2.05) is 0 Å². The standard InChI is InChI=1S/C14H21NO3/c1-2-13(16)15-8-11(12(9-15)14(17)18)10-6-4-3-5-7-10/h2,10-12H,1,3-9H2,(H,17,18)/t11-,12+/m0/s1. The highest BCUT2D eigenvalue weighted by Gasteiger charge is 2.42. The van der Waals surface area contributed by atoms with Gasteiger partial charge in [0.15, 0.2) is 0 Å². The van der Waals surface area contributed by atoms with Crippen LogP contribution in [0.1, 0.15) is 32.1 Å². The molecule has 2 aliphatic rings. The molecule has 1 saturated carbocycles. The lowest BCUT2D eigenvalue weighted by molar-refractivity contribution is -0.143. The van der Waals surface area contributed by atoms with E-state index in [4.69, 9.17) is 0 Å². The number of carboxylic acid groups (broad SMARTS) is 1. The number of likely N-dealkylation sites (tertiary alicyclic amines) is 1. The minimum absolute atomic E-state index is 0.131. The van der Waals surface area contributed by atoms with Crippen molar-refractivity contribution < 1.29 is 14.7 Å². The summed E-state index contributed by atoms with van der Waals surface area (Å²) in [6.07, 6.45) is 7.17. The molecule has 0 radical (unpaired) electrons. The summed E-state index contributed by atoms with van der Waals surface area (Å²) in [4.78, 5) is 24.6. The van der Waals surface area contributed by atoms with E-state index in [0.29, 0.717) is 19.0 Å². The normalized spacial score (nSPS) is 29.2. The molecule has 1 aliphatic carbocycles. The van der Waals surface area contributed by atoms with E-state index < -0.39 is 11.9 Å². The van der Waals surface area contributed by atoms with Gasteiger partial charge in [-0.15, -0.1) is 0 Å². The minimum atomic E-state index is -0.759. The summed E-state index contributed by atoms with van der Waals surface area (Å²) < 4.78 is 0. The first-order valence-corrected chi connectivity index (χ1v) is 6.77. The zero-order chi connectivity index (χ0) is 13.1. The van der Waals surface area contributed by atoms with Crippen LogP contribution in [0, 0.1) is 17.8 Å². The zero-order valence-corrected chi connectivity index (χ0v) is 10.7. The average Bonchev–Trinajstić information content (AvgIpc) is 2.84. The Balaban J connectivity index is 2.08. The maximum Gasteiger partial charge on any atom is 0.308 e. The van der Waals surface area contributed by atoms with Gasteiger partial charge >= 0.3 is 5.97 Å². The van der Waals surface area contributed by atoms with Crippen molar-refractivity contribution in [1.82, 2.24) is 4.90 Å². The molecule has 4 nitrogen and oxygen atoms in total. The summed E-state index contributed by atoms with van der Waals surface area (Å²) >= 11 is 0. The number of hydrogen-bond donors (Lipinski definition) is 1. The highest BCUT2D eigenvalue weighted by molar-refractivity contribution is 5.88. The molecule has 0 spiro atoms. The van der Waals surface area contributed by atoms with Gasteiger partial charge in [0.1, 0.15) is 0 Å². The molecular weight excluding hydrogens is 230 g/mol. The van der Waals surface area contributed by atoms with Crippen molar-refractivity contribution in [2.45, 2.75) is 32.1 Å². The topological polar surface area (TPSA) is 57.6 Å². The molecule has 2 rings (SSSR count). The summed E-state index contributed by atoms with van der Waals surface area (Å²) in [5.41, 5.74) is 0. The molecule has 100 valence electrons. The Hall–Kier alpha value is -1.32. The minimum Gasteiger partial charge on any atom is -0.481 e. The van der Waals surface area contributed by atoms with Crippen LogP contribution in [0.2, 0.25) is 0 Å². The fourth-order valence-corrected chi connectivity index (χ4v) is 3.44. The van der Waals surface area contributed by atoms with Crippen molar-refractivity contribution in [2.75, 3.05) is 13.1 Å². The third-order valence-electron chi connectivity index (χ3n) is 4.42. The quantitative estimate of drug-likeness (QED) is 0.779. The lowest BCUT2D eigenvalue weighted by Crippen LogP contribution is -2.29. The van der Waals surface area contributed by atoms with Gasteiger partial charge < -0.3 is 10.0 Å². The zero-order valence-electron chi connectivity index (χ0n) is 10.7. The van der Waals surface area contributed by atoms with E-state index in [0.717, 1.165) is 12.8 Å². The molecule has 1 aliphatic heterocycles. The number of amides is 1. The second-order valence-electron chi connectivity index (χ2n) is 5.45. The number of rotatable bonds is 3. The first kappa shape index (κ1) is 13.1. The van der Waals surface area contributed by atoms with E-state index in [9.17, 15) is 14.7 Å². The summed E-state index contributed by atoms with van der Waals surface area (Å²) in [7, 11) is 0. The summed E-state index contributed by atoms with van der Waals surface area (Å²) in [6.45, 7) is 4.41. The van der Waals surface area contributed by atoms with Crippen molar-refractivity contribution in [3.05, 3.63) is 12.7 Å². The number of carboxylic acids is 1. The lowest BCUT2D eigenvalue weighted by atomic mass is 9.75. The number of nitrogens with zero attached hydrogens (tertiary/aromatic N) is 1. The van der Waals surface area contributed by atoms with Crippen molar-refractivity contribution in [3.8, 4) is 0 Å². The van der Waals surface area contributed by atoms with Crippen LogP contribution in [0.3, 0.4) is 0 Å². The van der Waals surface area contributed by atoms with Crippen LogP contribution < -0.4 is 0 Å². The van der Waals surface area contributed by atoms with Crippen molar-refractivity contribution in [1.29, 1.82) is 0 Å². The fraction of sp³-hybridized carbons (Fsp3) is 0.714. The molecule has 1 amide bonds. The number of hydrogen-bond acceptors (Lipinski definition) is 2. The number of carbonyl (C=O) groups excluding carboxylic acids is 1. The molecule has 0 aromatic rings. The Morgan fingerprint density at radius 1 is 1.17 bits per heavy atom. The van der Waals surface area contributed by atoms with Crippen LogP contribution in [0.15, 0.2) is 12.7 Å². The molecule has 2 fully saturated rings. The Labute approximate surface area is 108 Å². The molecule has 4 heteroatoms. The largest absolute Gasteiger partial charge is 0.481 e. The number of carbonyl (C=O) groups is 2. The highest BCUT2D eigenvalue weighted by atomic mass is 16.4. The monoisotopic (exact) mass is 251 g/mol. The van der Waals surface area contributed by atoms with Gasteiger partial charge in [0.2, 0.25) is 5.91 Å². The summed E-state index contributed by atoms with van der Waals surface area (Å²) in [5.74, 6) is -0.685. The SMILES string of the molecule is C=CC(=O)N1C[C@@H](C(=O)O)[C@H](C2CCCCC2)C1. The van der Waals surface area contributed by atoms with Crippen LogP contribution in [0.5, 0.6) is 0 Å². The van der Waals surface area contributed by atoms with Crippen molar-refractivity contribution in [2.24, 2.45) is 17.8 Å². The highest BCUT2D eigenvalue weighted by Crippen LogP contribution is 2.38. The van der Waals surface area contributed by atoms with Gasteiger partial charge in [0.25, 0.3) is 0 Å². The second kappa shape index (κ2) is 5.55. The van der Waals surface area contributed by atoms with Crippen LogP contribution >= 0.6 is 0 Å². The second-order valence-corrected chi connectivity index (χ2v) is 5.45. The predicted molar refractivity (Wildman–Crippen MR) is 68.0 cm³/mol. The molecule has 2 atom stereocenters. The predicted octanol–water partition coefficient (Wildman–Crippen LogP) is 1.91. The summed E-state index contributed by atoms with van der Waals surface area (Å²) in [6, 6.07) is 0. The average molecular weight is 251 g/mol. The Bertz CT molecular complexity index is 347. The van der Waals surface area contributed by atoms with E-state index in [1.54, 1.807) is 4.90 Å². The van der Waals surface area contributed by atoms with Gasteiger partial charge in [0, 0.05) is 13.1 Å². The first-order valence-electron chi connectivity index (χ1n) is 6.77. The molecule has 0 aromatic carbocycles. The van der Waals surface area contributed by atoms with Gasteiger partial charge in [-0.3, -0.25) is 9.59 Å². The molecular formula is C14H21NO3. The molecule has 1 N–H and O–H groups in total. The maximum absolute atomic E-state index is 11.6. The number of aliphatic carboxylic acids is 1. The van der Waals surface area contributed by atoms with E-state index in [2.05, 4.69) is 6.58 Å². The third-order valence-corrected chi connectivity index (χ3v) is 4.42. The summed E-state index contributed by atoms with van der Waals surface area (Å²) in [5, 5.41) is 9.32. The van der Waals surface area contributed by atoms with Gasteiger partial charge in [-0.1, -0.05) is 38.7 Å². The fourth-order valence-electron chi connectivity index (χ4n) is 3.44. The first-order chi connectivity index (χ1) is 8.63. The van der Waals surface area contributed by atoms with Crippen molar-refractivity contribution in [3.63, 3.8) is 0 Å². The van der Waals surface area contributed by atoms with Gasteiger partial charge in [-0.05, 0) is 17.9 Å². The van der Waals surface area contributed by atoms with Crippen LogP contribution in [0.4, 0.5) is 0 Å². The van der Waals surface area contributed by atoms with E-state index in [-0.39, 0.29) is 11.8 Å². The van der Waals surface area contributed by atoms with Crippen LogP contribution in [-0.2, 0) is 9.59 Å². The van der Waals surface area contributed by atoms with Gasteiger partial charge in [0.05, 0.1) is 5.92 Å². The lowest BCUT2D eigenvalue weighted by Gasteiger charge is -2.29. The van der Waals surface area contributed by atoms with Crippen LogP contribution in [-0.4, -0.2) is 35.0 Å². The van der Waals surface area contributed by atoms with E-state index in [1.165, 1.54) is 25.3 Å². The molecule has 1 saturated heterocycles. The Morgan fingerprint density at radius 2 is 1.83 bits per heavy atom. The smallest absolute Gasteiger partial charge is 0.308 e. The van der Waals surface area contributed by atoms with Gasteiger partial charge in [-0.25, -0.2) is 0 Å². The Kier molecular flexibility index (Phi) is 4.04. The van der Waals surface area contributed by atoms with Crippen molar-refractivity contribution >= 4 is 11.9 Å². The molecule has 0 aromatic heterocycles. The van der Waals surface area contributed by atoms with Crippen LogP contribution in [0.25, 0.3) is 0 Å². The Morgan fingerprint density at radius 3 is 2.39 bits per heavy atom. The third kappa shape index (κ3) is 2.57. The molecule has 0 bridgehead atoms. The molecule has 1 heterocycles. The van der Waals surface area contributed by atoms with E-state index >= 15 is 0 Å². The molecule has 0 unspecified atom stereocenters. The van der Waals surface area contributed by atoms with Gasteiger partial charge in [-0.2, -0.15) is 0 Å².